The molecule has 0 aliphatic heterocycles. The Morgan fingerprint density at radius 3 is 1.84 bits per heavy atom. The summed E-state index contributed by atoms with van der Waals surface area (Å²) in [4.78, 5) is 9.99. The summed E-state index contributed by atoms with van der Waals surface area (Å²) in [5.41, 5.74) is 10.5. The van der Waals surface area contributed by atoms with Gasteiger partial charge in [-0.15, -0.1) is 0 Å². The number of nitrogens with zero attached hydrogens (tertiary/aromatic N) is 2. The molecule has 0 fully saturated rings. The van der Waals surface area contributed by atoms with Crippen molar-refractivity contribution in [2.45, 2.75) is 138 Å². The summed E-state index contributed by atoms with van der Waals surface area (Å²) >= 11 is 0. The molecule has 0 atom stereocenters. The molecule has 2 rings (SSSR count). The van der Waals surface area contributed by atoms with Crippen molar-refractivity contribution in [2.75, 3.05) is 0 Å². The van der Waals surface area contributed by atoms with E-state index in [0.717, 1.165) is 49.2 Å². The van der Waals surface area contributed by atoms with Crippen molar-refractivity contribution in [3.05, 3.63) is 58.1 Å². The molecule has 0 radical (unpaired) electrons. The van der Waals surface area contributed by atoms with Gasteiger partial charge in [-0.25, -0.2) is 0 Å². The van der Waals surface area contributed by atoms with Gasteiger partial charge < -0.3 is 0 Å². The van der Waals surface area contributed by atoms with Crippen molar-refractivity contribution in [1.29, 1.82) is 0 Å². The fourth-order valence-corrected chi connectivity index (χ4v) is 5.16. The van der Waals surface area contributed by atoms with E-state index in [1.165, 1.54) is 86.5 Å². The zero-order valence-electron chi connectivity index (χ0n) is 25.3. The molecule has 0 aromatic heterocycles. The van der Waals surface area contributed by atoms with Crippen LogP contribution in [0.2, 0.25) is 0 Å². The first-order chi connectivity index (χ1) is 18.0. The topological polar surface area (TPSA) is 24.7 Å². The Balaban J connectivity index is 0.00000722. The van der Waals surface area contributed by atoms with Gasteiger partial charge in [-0.05, 0) is 110 Å². The molecule has 3 heteroatoms. The van der Waals surface area contributed by atoms with E-state index in [0.29, 0.717) is 0 Å². The monoisotopic (exact) mass is 562 g/mol. The summed E-state index contributed by atoms with van der Waals surface area (Å²) < 4.78 is 0. The van der Waals surface area contributed by atoms with Gasteiger partial charge in [-0.2, -0.15) is 0 Å². The number of aryl methyl sites for hydroxylation is 4. The SMILES string of the molecule is CCCCCCCCc1cc(C)cc(N=C(C=Nc2cc(CCCC)c(CC)c(CCCC)c2)CC)c1.[NiH2]. The van der Waals surface area contributed by atoms with Gasteiger partial charge in [-0.1, -0.05) is 85.6 Å². The van der Waals surface area contributed by atoms with Gasteiger partial charge in [-0.3, -0.25) is 9.98 Å². The third kappa shape index (κ3) is 12.4. The summed E-state index contributed by atoms with van der Waals surface area (Å²) in [6, 6.07) is 11.5. The molecule has 0 heterocycles. The van der Waals surface area contributed by atoms with E-state index < -0.39 is 0 Å². The summed E-state index contributed by atoms with van der Waals surface area (Å²) in [6.07, 6.45) is 20.4. The first kappa shape index (κ1) is 34.3. The van der Waals surface area contributed by atoms with Crippen LogP contribution in [0.25, 0.3) is 0 Å². The summed E-state index contributed by atoms with van der Waals surface area (Å²) in [7, 11) is 0. The van der Waals surface area contributed by atoms with E-state index >= 15 is 0 Å². The van der Waals surface area contributed by atoms with Gasteiger partial charge in [0.25, 0.3) is 0 Å². The summed E-state index contributed by atoms with van der Waals surface area (Å²) in [6.45, 7) is 13.5. The Kier molecular flexibility index (Phi) is 18.2. The van der Waals surface area contributed by atoms with Crippen molar-refractivity contribution in [1.82, 2.24) is 0 Å². The average Bonchev–Trinajstić information content (AvgIpc) is 2.90. The zero-order valence-corrected chi connectivity index (χ0v) is 26.4. The van der Waals surface area contributed by atoms with Crippen molar-refractivity contribution >= 4 is 23.3 Å². The Hall–Kier alpha value is -1.73. The predicted octanol–water partition coefficient (Wildman–Crippen LogP) is 10.5. The van der Waals surface area contributed by atoms with Crippen LogP contribution >= 0.6 is 0 Å². The van der Waals surface area contributed by atoms with E-state index in [2.05, 4.69) is 71.9 Å². The van der Waals surface area contributed by atoms with E-state index in [4.69, 9.17) is 9.98 Å². The van der Waals surface area contributed by atoms with Gasteiger partial charge in [0.05, 0.1) is 17.1 Å². The van der Waals surface area contributed by atoms with Crippen LogP contribution in [0.3, 0.4) is 0 Å². The molecule has 2 aromatic carbocycles. The van der Waals surface area contributed by atoms with E-state index in [1.807, 2.05) is 6.21 Å². The predicted molar refractivity (Wildman–Crippen MR) is 170 cm³/mol. The molecule has 2 aromatic rings. The second kappa shape index (κ2) is 20.2. The minimum absolute atomic E-state index is 0. The molecule has 0 saturated heterocycles. The first-order valence-electron chi connectivity index (χ1n) is 15.4. The van der Waals surface area contributed by atoms with Crippen LogP contribution in [-0.4, -0.2) is 11.9 Å². The number of aliphatic imine (C=N–C) groups is 2. The molecule has 0 unspecified atom stereocenters. The number of benzene rings is 2. The fourth-order valence-electron chi connectivity index (χ4n) is 5.16. The van der Waals surface area contributed by atoms with Crippen LogP contribution in [0.15, 0.2) is 40.3 Å². The number of hydrogen-bond donors (Lipinski definition) is 0. The Morgan fingerprint density at radius 1 is 0.658 bits per heavy atom. The van der Waals surface area contributed by atoms with Crippen molar-refractivity contribution < 1.29 is 16.5 Å². The van der Waals surface area contributed by atoms with Gasteiger partial charge in [0, 0.05) is 6.21 Å². The molecule has 216 valence electrons. The van der Waals surface area contributed by atoms with Crippen LogP contribution in [0.5, 0.6) is 0 Å². The molecule has 0 saturated carbocycles. The van der Waals surface area contributed by atoms with Gasteiger partial charge >= 0.3 is 16.5 Å². The Morgan fingerprint density at radius 2 is 1.26 bits per heavy atom. The van der Waals surface area contributed by atoms with Gasteiger partial charge in [0.2, 0.25) is 0 Å². The molecular weight excluding hydrogens is 507 g/mol. The Labute approximate surface area is 245 Å². The maximum absolute atomic E-state index is 5.03. The summed E-state index contributed by atoms with van der Waals surface area (Å²) in [5.74, 6) is 0. The molecule has 0 amide bonds. The average molecular weight is 564 g/mol. The molecular formula is C35H56N2Ni. The van der Waals surface area contributed by atoms with E-state index in [-0.39, 0.29) is 16.5 Å². The maximum atomic E-state index is 5.03. The van der Waals surface area contributed by atoms with Crippen LogP contribution < -0.4 is 0 Å². The van der Waals surface area contributed by atoms with Crippen LogP contribution in [0.4, 0.5) is 11.4 Å². The molecule has 2 nitrogen and oxygen atoms in total. The second-order valence-electron chi connectivity index (χ2n) is 10.7. The van der Waals surface area contributed by atoms with Crippen LogP contribution in [0, 0.1) is 6.92 Å². The number of hydrogen-bond acceptors (Lipinski definition) is 2. The molecule has 0 bridgehead atoms. The second-order valence-corrected chi connectivity index (χ2v) is 10.7. The normalized spacial score (nSPS) is 11.8. The third-order valence-corrected chi connectivity index (χ3v) is 7.31. The molecule has 0 spiro atoms. The minimum atomic E-state index is 0. The molecule has 0 aliphatic rings. The first-order valence-corrected chi connectivity index (χ1v) is 15.4. The Bertz CT molecular complexity index is 960. The quantitative estimate of drug-likeness (QED) is 0.0979. The van der Waals surface area contributed by atoms with Crippen molar-refractivity contribution in [3.8, 4) is 0 Å². The van der Waals surface area contributed by atoms with E-state index in [9.17, 15) is 0 Å². The molecule has 0 aliphatic carbocycles. The van der Waals surface area contributed by atoms with Gasteiger partial charge in [0.1, 0.15) is 0 Å². The zero-order chi connectivity index (χ0) is 26.9. The van der Waals surface area contributed by atoms with Crippen LogP contribution in [-0.2, 0) is 42.2 Å². The summed E-state index contributed by atoms with van der Waals surface area (Å²) in [5, 5.41) is 0. The van der Waals surface area contributed by atoms with Crippen molar-refractivity contribution in [3.63, 3.8) is 0 Å². The van der Waals surface area contributed by atoms with Crippen molar-refractivity contribution in [2.24, 2.45) is 9.98 Å². The standard InChI is InChI=1S/C35H54N2.Ni.2H/c1-7-12-15-16-17-18-19-29-22-28(6)23-34(24-29)37-32(10-4)27-36-33-25-30(20-13-8-2)35(11-5)31(26-33)21-14-9-3;;;/h22-27H,7-21H2,1-6H3;;;. The molecule has 38 heavy (non-hydrogen) atoms. The van der Waals surface area contributed by atoms with E-state index in [1.54, 1.807) is 5.56 Å². The fraction of sp³-hybridized carbons (Fsp3) is 0.600. The third-order valence-electron chi connectivity index (χ3n) is 7.31. The van der Waals surface area contributed by atoms with Gasteiger partial charge in [0.15, 0.2) is 0 Å². The number of rotatable bonds is 18. The molecule has 0 N–H and O–H groups in total. The van der Waals surface area contributed by atoms with Crippen LogP contribution in [0.1, 0.15) is 133 Å². The number of unbranched alkanes of at least 4 members (excludes halogenated alkanes) is 7.